The minimum atomic E-state index is 0.325. The molecule has 0 bridgehead atoms. The molecular weight excluding hydrogens is 184 g/mol. The fraction of sp³-hybridized carbons (Fsp3) is 0.538. The lowest BCUT2D eigenvalue weighted by Gasteiger charge is -2.31. The number of benzene rings is 1. The fourth-order valence-corrected chi connectivity index (χ4v) is 1.83. The molecular formula is C13H22N2. The molecule has 1 atom stereocenters. The van der Waals surface area contributed by atoms with Crippen LogP contribution in [0.4, 0.5) is 0 Å². The SMILES string of the molecule is Cc1ccccc1C(CN)N(C)C(C)C. The molecule has 0 heterocycles. The van der Waals surface area contributed by atoms with Gasteiger partial charge in [0.1, 0.15) is 0 Å². The molecule has 1 rings (SSSR count). The van der Waals surface area contributed by atoms with Gasteiger partial charge in [-0.05, 0) is 38.9 Å². The molecule has 0 aliphatic rings. The van der Waals surface area contributed by atoms with Crippen LogP contribution in [0, 0.1) is 6.92 Å². The van der Waals surface area contributed by atoms with Crippen LogP contribution >= 0.6 is 0 Å². The first-order valence-electron chi connectivity index (χ1n) is 5.55. The summed E-state index contributed by atoms with van der Waals surface area (Å²) in [6.45, 7) is 7.20. The zero-order valence-corrected chi connectivity index (χ0v) is 10.2. The van der Waals surface area contributed by atoms with Crippen molar-refractivity contribution >= 4 is 0 Å². The summed E-state index contributed by atoms with van der Waals surface area (Å²) in [6, 6.07) is 9.31. The highest BCUT2D eigenvalue weighted by molar-refractivity contribution is 5.29. The molecule has 0 fully saturated rings. The molecule has 2 heteroatoms. The lowest BCUT2D eigenvalue weighted by Crippen LogP contribution is -2.35. The highest BCUT2D eigenvalue weighted by Crippen LogP contribution is 2.23. The summed E-state index contributed by atoms with van der Waals surface area (Å²) in [5.41, 5.74) is 8.53. The van der Waals surface area contributed by atoms with Crippen molar-refractivity contribution in [1.29, 1.82) is 0 Å². The normalized spacial score (nSPS) is 13.5. The highest BCUT2D eigenvalue weighted by atomic mass is 15.2. The van der Waals surface area contributed by atoms with Gasteiger partial charge in [0.05, 0.1) is 0 Å². The first kappa shape index (κ1) is 12.2. The van der Waals surface area contributed by atoms with Crippen molar-refractivity contribution in [1.82, 2.24) is 4.90 Å². The minimum absolute atomic E-state index is 0.325. The Morgan fingerprint density at radius 3 is 2.33 bits per heavy atom. The molecule has 15 heavy (non-hydrogen) atoms. The summed E-state index contributed by atoms with van der Waals surface area (Å²) in [7, 11) is 2.13. The van der Waals surface area contributed by atoms with Gasteiger partial charge in [0.15, 0.2) is 0 Å². The standard InChI is InChI=1S/C13H22N2/c1-10(2)15(4)13(9-14)12-8-6-5-7-11(12)3/h5-8,10,13H,9,14H2,1-4H3. The Morgan fingerprint density at radius 1 is 1.27 bits per heavy atom. The third-order valence-electron chi connectivity index (χ3n) is 3.08. The van der Waals surface area contributed by atoms with Crippen LogP contribution in [0.25, 0.3) is 0 Å². The zero-order chi connectivity index (χ0) is 11.4. The van der Waals surface area contributed by atoms with E-state index < -0.39 is 0 Å². The monoisotopic (exact) mass is 206 g/mol. The Labute approximate surface area is 93.1 Å². The molecule has 0 aromatic heterocycles. The average molecular weight is 206 g/mol. The molecule has 1 aromatic carbocycles. The van der Waals surface area contributed by atoms with Crippen LogP contribution < -0.4 is 5.73 Å². The lowest BCUT2D eigenvalue weighted by molar-refractivity contribution is 0.200. The first-order chi connectivity index (χ1) is 7.07. The predicted molar refractivity (Wildman–Crippen MR) is 65.9 cm³/mol. The number of hydrogen-bond donors (Lipinski definition) is 1. The molecule has 0 spiro atoms. The first-order valence-corrected chi connectivity index (χ1v) is 5.55. The smallest absolute Gasteiger partial charge is 0.0472 e. The van der Waals surface area contributed by atoms with E-state index in [0.29, 0.717) is 18.6 Å². The number of hydrogen-bond acceptors (Lipinski definition) is 2. The second-order valence-electron chi connectivity index (χ2n) is 4.37. The second kappa shape index (κ2) is 5.29. The molecule has 2 N–H and O–H groups in total. The van der Waals surface area contributed by atoms with E-state index in [-0.39, 0.29) is 0 Å². The Hall–Kier alpha value is -0.860. The number of nitrogens with two attached hydrogens (primary N) is 1. The van der Waals surface area contributed by atoms with Gasteiger partial charge >= 0.3 is 0 Å². The molecule has 0 radical (unpaired) electrons. The molecule has 1 unspecified atom stereocenters. The molecule has 0 aliphatic carbocycles. The van der Waals surface area contributed by atoms with Crippen molar-refractivity contribution in [2.24, 2.45) is 5.73 Å². The Balaban J connectivity index is 2.97. The molecule has 0 saturated carbocycles. The summed E-state index contributed by atoms with van der Waals surface area (Å²) in [5, 5.41) is 0. The molecule has 2 nitrogen and oxygen atoms in total. The van der Waals surface area contributed by atoms with Crippen LogP contribution in [0.15, 0.2) is 24.3 Å². The molecule has 0 aliphatic heterocycles. The van der Waals surface area contributed by atoms with E-state index in [1.165, 1.54) is 11.1 Å². The van der Waals surface area contributed by atoms with Crippen molar-refractivity contribution in [3.8, 4) is 0 Å². The Bertz CT molecular complexity index is 307. The Kier molecular flexibility index (Phi) is 4.30. The minimum Gasteiger partial charge on any atom is -0.329 e. The van der Waals surface area contributed by atoms with Crippen molar-refractivity contribution in [3.05, 3.63) is 35.4 Å². The summed E-state index contributed by atoms with van der Waals surface area (Å²) < 4.78 is 0. The van der Waals surface area contributed by atoms with Crippen LogP contribution in [0.1, 0.15) is 31.0 Å². The maximum Gasteiger partial charge on any atom is 0.0472 e. The summed E-state index contributed by atoms with van der Waals surface area (Å²) in [6.07, 6.45) is 0. The largest absolute Gasteiger partial charge is 0.329 e. The van der Waals surface area contributed by atoms with Gasteiger partial charge < -0.3 is 5.73 Å². The van der Waals surface area contributed by atoms with Crippen molar-refractivity contribution in [2.75, 3.05) is 13.6 Å². The molecule has 0 amide bonds. The Morgan fingerprint density at radius 2 is 1.87 bits per heavy atom. The van der Waals surface area contributed by atoms with Gasteiger partial charge in [-0.2, -0.15) is 0 Å². The van der Waals surface area contributed by atoms with Crippen LogP contribution in [-0.4, -0.2) is 24.5 Å². The molecule has 0 saturated heterocycles. The average Bonchev–Trinajstić information content (AvgIpc) is 2.21. The topological polar surface area (TPSA) is 29.3 Å². The number of nitrogens with zero attached hydrogens (tertiary/aromatic N) is 1. The van der Waals surface area contributed by atoms with Crippen LogP contribution in [-0.2, 0) is 0 Å². The lowest BCUT2D eigenvalue weighted by atomic mass is 9.99. The van der Waals surface area contributed by atoms with Crippen molar-refractivity contribution < 1.29 is 0 Å². The van der Waals surface area contributed by atoms with Gasteiger partial charge in [0, 0.05) is 18.6 Å². The summed E-state index contributed by atoms with van der Waals surface area (Å²) >= 11 is 0. The van der Waals surface area contributed by atoms with Gasteiger partial charge in [0.25, 0.3) is 0 Å². The third-order valence-corrected chi connectivity index (χ3v) is 3.08. The van der Waals surface area contributed by atoms with Gasteiger partial charge in [0.2, 0.25) is 0 Å². The zero-order valence-electron chi connectivity index (χ0n) is 10.2. The van der Waals surface area contributed by atoms with E-state index in [1.807, 2.05) is 0 Å². The quantitative estimate of drug-likeness (QED) is 0.819. The maximum absolute atomic E-state index is 5.87. The van der Waals surface area contributed by atoms with Crippen LogP contribution in [0.3, 0.4) is 0 Å². The molecule has 1 aromatic rings. The van der Waals surface area contributed by atoms with Crippen molar-refractivity contribution in [2.45, 2.75) is 32.9 Å². The predicted octanol–water partition coefficient (Wildman–Crippen LogP) is 2.34. The van der Waals surface area contributed by atoms with Crippen LogP contribution in [0.5, 0.6) is 0 Å². The van der Waals surface area contributed by atoms with E-state index in [1.54, 1.807) is 0 Å². The third kappa shape index (κ3) is 2.80. The van der Waals surface area contributed by atoms with E-state index >= 15 is 0 Å². The van der Waals surface area contributed by atoms with Gasteiger partial charge in [-0.15, -0.1) is 0 Å². The number of aryl methyl sites for hydroxylation is 1. The number of rotatable bonds is 4. The van der Waals surface area contributed by atoms with E-state index in [4.69, 9.17) is 5.73 Å². The summed E-state index contributed by atoms with van der Waals surface area (Å²) in [4.78, 5) is 2.32. The summed E-state index contributed by atoms with van der Waals surface area (Å²) in [5.74, 6) is 0. The maximum atomic E-state index is 5.87. The molecule has 84 valence electrons. The van der Waals surface area contributed by atoms with Gasteiger partial charge in [-0.1, -0.05) is 24.3 Å². The fourth-order valence-electron chi connectivity index (χ4n) is 1.83. The second-order valence-corrected chi connectivity index (χ2v) is 4.37. The highest BCUT2D eigenvalue weighted by Gasteiger charge is 2.18. The van der Waals surface area contributed by atoms with E-state index in [9.17, 15) is 0 Å². The van der Waals surface area contributed by atoms with E-state index in [2.05, 4.69) is 57.0 Å². The van der Waals surface area contributed by atoms with Gasteiger partial charge in [-0.3, -0.25) is 4.90 Å². The number of likely N-dealkylation sites (N-methyl/N-ethyl adjacent to an activating group) is 1. The van der Waals surface area contributed by atoms with Crippen molar-refractivity contribution in [3.63, 3.8) is 0 Å². The van der Waals surface area contributed by atoms with Crippen LogP contribution in [0.2, 0.25) is 0 Å². The van der Waals surface area contributed by atoms with Gasteiger partial charge in [-0.25, -0.2) is 0 Å². The van der Waals surface area contributed by atoms with E-state index in [0.717, 1.165) is 0 Å².